The van der Waals surface area contributed by atoms with E-state index in [0.29, 0.717) is 17.1 Å². The smallest absolute Gasteiger partial charge is 0.135 e. The van der Waals surface area contributed by atoms with Gasteiger partial charge >= 0.3 is 0 Å². The zero-order chi connectivity index (χ0) is 16.1. The quantitative estimate of drug-likeness (QED) is 0.465. The maximum Gasteiger partial charge on any atom is 0.135 e. The standard InChI is InChI=1S/C15H28O.C5H12/c1-15(2,3)12-8-7-11-14(16)13-9-5-4-6-10-13;1-3-5-4-2/h13H,4-12H2,1-3H3;3-5H2,1-2H3. The molecule has 0 atom stereocenters. The summed E-state index contributed by atoms with van der Waals surface area (Å²) >= 11 is 0. The van der Waals surface area contributed by atoms with E-state index >= 15 is 0 Å². The van der Waals surface area contributed by atoms with Crippen LogP contribution in [0.25, 0.3) is 0 Å². The van der Waals surface area contributed by atoms with E-state index in [9.17, 15) is 4.79 Å². The lowest BCUT2D eigenvalue weighted by Crippen LogP contribution is -2.17. The molecule has 0 N–H and O–H groups in total. The molecule has 0 aromatic heterocycles. The van der Waals surface area contributed by atoms with Gasteiger partial charge in [-0.05, 0) is 31.1 Å². The first-order valence-corrected chi connectivity index (χ1v) is 9.43. The van der Waals surface area contributed by atoms with E-state index in [2.05, 4.69) is 34.6 Å². The van der Waals surface area contributed by atoms with Gasteiger partial charge in [0.05, 0.1) is 0 Å². The highest BCUT2D eigenvalue weighted by Crippen LogP contribution is 2.27. The molecule has 0 radical (unpaired) electrons. The lowest BCUT2D eigenvalue weighted by atomic mass is 9.84. The molecule has 1 fully saturated rings. The zero-order valence-corrected chi connectivity index (χ0v) is 15.5. The molecule has 0 aromatic rings. The minimum atomic E-state index is 0.420. The van der Waals surface area contributed by atoms with Gasteiger partial charge in [0.25, 0.3) is 0 Å². The van der Waals surface area contributed by atoms with Crippen LogP contribution in [0.2, 0.25) is 0 Å². The molecule has 0 unspecified atom stereocenters. The minimum Gasteiger partial charge on any atom is -0.299 e. The molecule has 1 rings (SSSR count). The van der Waals surface area contributed by atoms with Crippen LogP contribution in [0.5, 0.6) is 0 Å². The first-order chi connectivity index (χ1) is 9.90. The summed E-state index contributed by atoms with van der Waals surface area (Å²) in [6.45, 7) is 11.2. The largest absolute Gasteiger partial charge is 0.299 e. The molecule has 0 saturated heterocycles. The number of hydrogen-bond acceptors (Lipinski definition) is 1. The average Bonchev–Trinajstić information content (AvgIpc) is 2.45. The molecule has 0 heterocycles. The highest BCUT2D eigenvalue weighted by atomic mass is 16.1. The van der Waals surface area contributed by atoms with E-state index in [1.807, 2.05) is 0 Å². The Morgan fingerprint density at radius 1 is 0.905 bits per heavy atom. The second kappa shape index (κ2) is 12.2. The minimum absolute atomic E-state index is 0.420. The zero-order valence-electron chi connectivity index (χ0n) is 15.5. The SMILES string of the molecule is CC(C)(C)CCCCC(=O)C1CCCCC1.CCCCC. The van der Waals surface area contributed by atoms with Crippen LogP contribution in [0.4, 0.5) is 0 Å². The molecule has 1 aliphatic carbocycles. The number of Topliss-reactive ketones (excluding diaryl/α,β-unsaturated/α-hetero) is 1. The lowest BCUT2D eigenvalue weighted by molar-refractivity contribution is -0.123. The first kappa shape index (κ1) is 20.7. The Labute approximate surface area is 134 Å². The predicted molar refractivity (Wildman–Crippen MR) is 94.7 cm³/mol. The fourth-order valence-corrected chi connectivity index (χ4v) is 2.94. The van der Waals surface area contributed by atoms with Gasteiger partial charge in [0.2, 0.25) is 0 Å². The summed E-state index contributed by atoms with van der Waals surface area (Å²) < 4.78 is 0. The van der Waals surface area contributed by atoms with Gasteiger partial charge in [0.15, 0.2) is 0 Å². The van der Waals surface area contributed by atoms with Crippen molar-refractivity contribution in [3.8, 4) is 0 Å². The molecular formula is C20H40O. The second-order valence-electron chi connectivity index (χ2n) is 7.92. The lowest BCUT2D eigenvalue weighted by Gasteiger charge is -2.21. The van der Waals surface area contributed by atoms with Gasteiger partial charge in [-0.15, -0.1) is 0 Å². The molecule has 1 heteroatoms. The van der Waals surface area contributed by atoms with Crippen molar-refractivity contribution in [1.29, 1.82) is 0 Å². The van der Waals surface area contributed by atoms with Crippen LogP contribution < -0.4 is 0 Å². The molecule has 1 saturated carbocycles. The van der Waals surface area contributed by atoms with E-state index in [4.69, 9.17) is 0 Å². The average molecular weight is 297 g/mol. The molecule has 1 aliphatic rings. The van der Waals surface area contributed by atoms with Gasteiger partial charge in [-0.3, -0.25) is 4.79 Å². The number of unbranched alkanes of at least 4 members (excludes halogenated alkanes) is 3. The Hall–Kier alpha value is -0.330. The third kappa shape index (κ3) is 13.1. The summed E-state index contributed by atoms with van der Waals surface area (Å²) in [6, 6.07) is 0. The van der Waals surface area contributed by atoms with E-state index < -0.39 is 0 Å². The number of carbonyl (C=O) groups is 1. The Morgan fingerprint density at radius 2 is 1.48 bits per heavy atom. The molecule has 1 nitrogen and oxygen atoms in total. The summed E-state index contributed by atoms with van der Waals surface area (Å²) in [5.74, 6) is 0.969. The molecule has 0 bridgehead atoms. The van der Waals surface area contributed by atoms with Crippen molar-refractivity contribution < 1.29 is 4.79 Å². The van der Waals surface area contributed by atoms with Crippen molar-refractivity contribution in [1.82, 2.24) is 0 Å². The van der Waals surface area contributed by atoms with Gasteiger partial charge in [-0.2, -0.15) is 0 Å². The van der Waals surface area contributed by atoms with Crippen LogP contribution in [0.1, 0.15) is 112 Å². The van der Waals surface area contributed by atoms with Crippen LogP contribution in [0.15, 0.2) is 0 Å². The number of carbonyl (C=O) groups excluding carboxylic acids is 1. The second-order valence-corrected chi connectivity index (χ2v) is 7.92. The predicted octanol–water partition coefficient (Wildman–Crippen LogP) is 6.94. The van der Waals surface area contributed by atoms with Crippen molar-refractivity contribution in [2.75, 3.05) is 0 Å². The van der Waals surface area contributed by atoms with Crippen molar-refractivity contribution in [2.45, 2.75) is 112 Å². The summed E-state index contributed by atoms with van der Waals surface area (Å²) in [7, 11) is 0. The van der Waals surface area contributed by atoms with E-state index in [-0.39, 0.29) is 0 Å². The van der Waals surface area contributed by atoms with Gasteiger partial charge < -0.3 is 0 Å². The first-order valence-electron chi connectivity index (χ1n) is 9.43. The van der Waals surface area contributed by atoms with Crippen LogP contribution >= 0.6 is 0 Å². The fraction of sp³-hybridized carbons (Fsp3) is 0.950. The molecule has 126 valence electrons. The van der Waals surface area contributed by atoms with Crippen molar-refractivity contribution in [2.24, 2.45) is 11.3 Å². The molecular weight excluding hydrogens is 256 g/mol. The number of hydrogen-bond donors (Lipinski definition) is 0. The van der Waals surface area contributed by atoms with E-state index in [1.165, 1.54) is 51.4 Å². The maximum absolute atomic E-state index is 11.9. The van der Waals surface area contributed by atoms with Crippen LogP contribution in [-0.2, 0) is 4.79 Å². The summed E-state index contributed by atoms with van der Waals surface area (Å²) in [6.07, 6.45) is 14.7. The molecule has 21 heavy (non-hydrogen) atoms. The maximum atomic E-state index is 11.9. The molecule has 0 amide bonds. The topological polar surface area (TPSA) is 17.1 Å². The van der Waals surface area contributed by atoms with Gasteiger partial charge in [0.1, 0.15) is 5.78 Å². The Bertz CT molecular complexity index is 241. The van der Waals surface area contributed by atoms with Gasteiger partial charge in [0, 0.05) is 12.3 Å². The Balaban J connectivity index is 0.000000690. The molecule has 0 spiro atoms. The normalized spacial score (nSPS) is 16.2. The molecule has 0 aromatic carbocycles. The van der Waals surface area contributed by atoms with Gasteiger partial charge in [-0.1, -0.05) is 79.6 Å². The third-order valence-electron chi connectivity index (χ3n) is 4.37. The highest BCUT2D eigenvalue weighted by Gasteiger charge is 2.20. The monoisotopic (exact) mass is 296 g/mol. The Kier molecular flexibility index (Phi) is 12.0. The van der Waals surface area contributed by atoms with Crippen LogP contribution in [-0.4, -0.2) is 5.78 Å². The third-order valence-corrected chi connectivity index (χ3v) is 4.37. The summed E-state index contributed by atoms with van der Waals surface area (Å²) in [4.78, 5) is 11.9. The van der Waals surface area contributed by atoms with Crippen molar-refractivity contribution >= 4 is 5.78 Å². The fourth-order valence-electron chi connectivity index (χ4n) is 2.94. The number of ketones is 1. The van der Waals surface area contributed by atoms with E-state index in [1.54, 1.807) is 0 Å². The van der Waals surface area contributed by atoms with Gasteiger partial charge in [-0.25, -0.2) is 0 Å². The van der Waals surface area contributed by atoms with Crippen molar-refractivity contribution in [3.63, 3.8) is 0 Å². The summed E-state index contributed by atoms with van der Waals surface area (Å²) in [5.41, 5.74) is 0.424. The van der Waals surface area contributed by atoms with E-state index in [0.717, 1.165) is 25.7 Å². The Morgan fingerprint density at radius 3 is 1.90 bits per heavy atom. The summed E-state index contributed by atoms with van der Waals surface area (Å²) in [5, 5.41) is 0. The number of rotatable bonds is 7. The van der Waals surface area contributed by atoms with Crippen LogP contribution in [0, 0.1) is 11.3 Å². The van der Waals surface area contributed by atoms with Crippen LogP contribution in [0.3, 0.4) is 0 Å². The highest BCUT2D eigenvalue weighted by molar-refractivity contribution is 5.80. The molecule has 0 aliphatic heterocycles. The van der Waals surface area contributed by atoms with Crippen molar-refractivity contribution in [3.05, 3.63) is 0 Å².